The molecule has 112 valence electrons. The van der Waals surface area contributed by atoms with Gasteiger partial charge < -0.3 is 5.73 Å². The quantitative estimate of drug-likeness (QED) is 0.867. The summed E-state index contributed by atoms with van der Waals surface area (Å²) in [6.07, 6.45) is 2.53. The van der Waals surface area contributed by atoms with Crippen molar-refractivity contribution in [3.63, 3.8) is 0 Å². The number of likely N-dealkylation sites (tertiary alicyclic amines) is 1. The van der Waals surface area contributed by atoms with Crippen molar-refractivity contribution in [3.8, 4) is 0 Å². The van der Waals surface area contributed by atoms with E-state index in [-0.39, 0.29) is 11.9 Å². The molecule has 1 saturated heterocycles. The van der Waals surface area contributed by atoms with E-state index >= 15 is 0 Å². The minimum Gasteiger partial charge on any atom is -0.329 e. The molecule has 3 nitrogen and oxygen atoms in total. The summed E-state index contributed by atoms with van der Waals surface area (Å²) >= 11 is 0. The normalized spacial score (nSPS) is 21.6. The maximum atomic E-state index is 13.4. The van der Waals surface area contributed by atoms with E-state index in [9.17, 15) is 4.39 Å². The molecule has 0 radical (unpaired) electrons. The molecule has 1 heterocycles. The van der Waals surface area contributed by atoms with Crippen LogP contribution in [0.5, 0.6) is 0 Å². The lowest BCUT2D eigenvalue weighted by Crippen LogP contribution is -2.41. The Morgan fingerprint density at radius 2 is 2.30 bits per heavy atom. The van der Waals surface area contributed by atoms with Gasteiger partial charge >= 0.3 is 0 Å². The van der Waals surface area contributed by atoms with Crippen molar-refractivity contribution in [1.29, 1.82) is 0 Å². The topological polar surface area (TPSA) is 32.5 Å². The zero-order chi connectivity index (χ0) is 14.5. The molecular weight excluding hydrogens is 253 g/mol. The van der Waals surface area contributed by atoms with Crippen LogP contribution < -0.4 is 5.73 Å². The molecule has 1 aromatic carbocycles. The predicted octanol–water partition coefficient (Wildman–Crippen LogP) is 2.24. The highest BCUT2D eigenvalue weighted by Gasteiger charge is 2.26. The molecule has 2 unspecified atom stereocenters. The summed E-state index contributed by atoms with van der Waals surface area (Å²) in [7, 11) is 2.09. The van der Waals surface area contributed by atoms with Crippen LogP contribution in [0.15, 0.2) is 24.3 Å². The van der Waals surface area contributed by atoms with E-state index < -0.39 is 0 Å². The first kappa shape index (κ1) is 15.4. The summed E-state index contributed by atoms with van der Waals surface area (Å²) in [6, 6.07) is 7.49. The Balaban J connectivity index is 2.03. The Hall–Kier alpha value is -0.970. The number of rotatable bonds is 6. The Kier molecular flexibility index (Phi) is 5.52. The van der Waals surface area contributed by atoms with E-state index in [1.54, 1.807) is 12.1 Å². The van der Waals surface area contributed by atoms with Crippen LogP contribution in [-0.4, -0.2) is 49.1 Å². The van der Waals surface area contributed by atoms with Crippen molar-refractivity contribution in [1.82, 2.24) is 9.80 Å². The van der Waals surface area contributed by atoms with Crippen molar-refractivity contribution in [3.05, 3.63) is 35.6 Å². The first-order valence-corrected chi connectivity index (χ1v) is 7.55. The number of nitrogens with zero attached hydrogens (tertiary/aromatic N) is 2. The first-order chi connectivity index (χ1) is 9.65. The molecule has 0 aliphatic carbocycles. The predicted molar refractivity (Wildman–Crippen MR) is 81.1 cm³/mol. The number of halogens is 1. The van der Waals surface area contributed by atoms with Gasteiger partial charge in [0.1, 0.15) is 5.82 Å². The number of likely N-dealkylation sites (N-methyl/N-ethyl adjacent to an activating group) is 2. The second-order valence-corrected chi connectivity index (χ2v) is 5.67. The minimum atomic E-state index is -0.189. The van der Waals surface area contributed by atoms with Gasteiger partial charge in [0, 0.05) is 25.2 Å². The average molecular weight is 279 g/mol. The lowest BCUT2D eigenvalue weighted by Gasteiger charge is -2.33. The number of benzene rings is 1. The highest BCUT2D eigenvalue weighted by molar-refractivity contribution is 5.20. The SMILES string of the molecule is CCN1CCCC1CN(C)C(CN)c1cccc(F)c1. The summed E-state index contributed by atoms with van der Waals surface area (Å²) in [5, 5.41) is 0. The van der Waals surface area contributed by atoms with Crippen LogP contribution in [-0.2, 0) is 0 Å². The standard InChI is InChI=1S/C16H26FN3/c1-3-20-9-5-8-15(20)12-19(2)16(11-18)13-6-4-7-14(17)10-13/h4,6-7,10,15-16H,3,5,8-9,11-12,18H2,1-2H3. The zero-order valence-electron chi connectivity index (χ0n) is 12.6. The monoisotopic (exact) mass is 279 g/mol. The van der Waals surface area contributed by atoms with Crippen molar-refractivity contribution in [2.45, 2.75) is 31.8 Å². The van der Waals surface area contributed by atoms with E-state index in [0.29, 0.717) is 12.6 Å². The molecule has 1 fully saturated rings. The van der Waals surface area contributed by atoms with Gasteiger partial charge in [0.05, 0.1) is 0 Å². The minimum absolute atomic E-state index is 0.0880. The molecule has 20 heavy (non-hydrogen) atoms. The second-order valence-electron chi connectivity index (χ2n) is 5.67. The van der Waals surface area contributed by atoms with Crippen LogP contribution in [0.1, 0.15) is 31.4 Å². The highest BCUT2D eigenvalue weighted by Crippen LogP contribution is 2.23. The smallest absolute Gasteiger partial charge is 0.123 e. The fraction of sp³-hybridized carbons (Fsp3) is 0.625. The molecule has 0 bridgehead atoms. The third kappa shape index (κ3) is 3.57. The molecule has 0 aromatic heterocycles. The third-order valence-corrected chi connectivity index (χ3v) is 4.39. The van der Waals surface area contributed by atoms with Crippen LogP contribution in [0, 0.1) is 5.82 Å². The van der Waals surface area contributed by atoms with Gasteiger partial charge in [0.2, 0.25) is 0 Å². The van der Waals surface area contributed by atoms with E-state index in [1.807, 2.05) is 6.07 Å². The number of hydrogen-bond acceptors (Lipinski definition) is 3. The zero-order valence-corrected chi connectivity index (χ0v) is 12.6. The van der Waals surface area contributed by atoms with Crippen molar-refractivity contribution in [2.75, 3.05) is 33.2 Å². The third-order valence-electron chi connectivity index (χ3n) is 4.39. The number of nitrogens with two attached hydrogens (primary N) is 1. The molecule has 2 atom stereocenters. The van der Waals surface area contributed by atoms with Gasteiger partial charge in [0.15, 0.2) is 0 Å². The fourth-order valence-electron chi connectivity index (χ4n) is 3.26. The first-order valence-electron chi connectivity index (χ1n) is 7.55. The van der Waals surface area contributed by atoms with Gasteiger partial charge in [-0.15, -0.1) is 0 Å². The summed E-state index contributed by atoms with van der Waals surface area (Å²) in [6.45, 7) is 6.02. The van der Waals surface area contributed by atoms with Gasteiger partial charge in [-0.05, 0) is 50.7 Å². The van der Waals surface area contributed by atoms with E-state index in [2.05, 4.69) is 23.8 Å². The van der Waals surface area contributed by atoms with Gasteiger partial charge in [-0.25, -0.2) is 4.39 Å². The summed E-state index contributed by atoms with van der Waals surface area (Å²) in [5.74, 6) is -0.189. The Morgan fingerprint density at radius 1 is 1.50 bits per heavy atom. The van der Waals surface area contributed by atoms with Crippen LogP contribution in [0.3, 0.4) is 0 Å². The molecule has 0 amide bonds. The van der Waals surface area contributed by atoms with Gasteiger partial charge in [-0.1, -0.05) is 19.1 Å². The van der Waals surface area contributed by atoms with Gasteiger partial charge in [-0.2, -0.15) is 0 Å². The average Bonchev–Trinajstić information content (AvgIpc) is 2.87. The molecule has 0 saturated carbocycles. The van der Waals surface area contributed by atoms with Crippen molar-refractivity contribution in [2.24, 2.45) is 5.73 Å². The van der Waals surface area contributed by atoms with Crippen molar-refractivity contribution >= 4 is 0 Å². The molecule has 2 N–H and O–H groups in total. The molecule has 4 heteroatoms. The fourth-order valence-corrected chi connectivity index (χ4v) is 3.26. The lowest BCUT2D eigenvalue weighted by atomic mass is 10.0. The summed E-state index contributed by atoms with van der Waals surface area (Å²) in [5.41, 5.74) is 6.89. The van der Waals surface area contributed by atoms with Gasteiger partial charge in [-0.3, -0.25) is 9.80 Å². The molecule has 2 rings (SSSR count). The Morgan fingerprint density at radius 3 is 2.95 bits per heavy atom. The van der Waals surface area contributed by atoms with E-state index in [1.165, 1.54) is 25.5 Å². The summed E-state index contributed by atoms with van der Waals surface area (Å²) < 4.78 is 13.4. The van der Waals surface area contributed by atoms with Gasteiger partial charge in [0.25, 0.3) is 0 Å². The molecule has 1 aliphatic heterocycles. The molecular formula is C16H26FN3. The molecule has 0 spiro atoms. The maximum Gasteiger partial charge on any atom is 0.123 e. The van der Waals surface area contributed by atoms with E-state index in [0.717, 1.165) is 18.7 Å². The highest BCUT2D eigenvalue weighted by atomic mass is 19.1. The second kappa shape index (κ2) is 7.16. The van der Waals surface area contributed by atoms with Crippen LogP contribution in [0.2, 0.25) is 0 Å². The van der Waals surface area contributed by atoms with Crippen LogP contribution in [0.4, 0.5) is 4.39 Å². The maximum absolute atomic E-state index is 13.4. The Bertz CT molecular complexity index is 424. The van der Waals surface area contributed by atoms with Crippen LogP contribution in [0.25, 0.3) is 0 Å². The molecule has 1 aromatic rings. The number of hydrogen-bond donors (Lipinski definition) is 1. The van der Waals surface area contributed by atoms with E-state index in [4.69, 9.17) is 5.73 Å². The largest absolute Gasteiger partial charge is 0.329 e. The lowest BCUT2D eigenvalue weighted by molar-refractivity contribution is 0.165. The van der Waals surface area contributed by atoms with Crippen molar-refractivity contribution < 1.29 is 4.39 Å². The van der Waals surface area contributed by atoms with Crippen LogP contribution >= 0.6 is 0 Å². The summed E-state index contributed by atoms with van der Waals surface area (Å²) in [4.78, 5) is 4.79. The molecule has 1 aliphatic rings. The Labute approximate surface area is 121 Å².